The van der Waals surface area contributed by atoms with Crippen LogP contribution in [0.2, 0.25) is 51.4 Å². The maximum Gasteiger partial charge on any atom is 0.311 e. The molecular weight excluding hydrogens is 621 g/mol. The third kappa shape index (κ3) is 17.6. The Bertz CT molecular complexity index is 799. The summed E-state index contributed by atoms with van der Waals surface area (Å²) in [6.07, 6.45) is 36.7. The Balaban J connectivity index is 0.00000552. The molecule has 3 aliphatic rings. The highest BCUT2D eigenvalue weighted by Crippen LogP contribution is 2.71. The summed E-state index contributed by atoms with van der Waals surface area (Å²) in [7, 11) is -5.48. The second-order valence-electron chi connectivity index (χ2n) is 18.2. The van der Waals surface area contributed by atoms with Gasteiger partial charge in [-0.1, -0.05) is 157 Å². The van der Waals surface area contributed by atoms with Crippen molar-refractivity contribution in [3.63, 3.8) is 0 Å². The van der Waals surface area contributed by atoms with Crippen molar-refractivity contribution in [2.24, 2.45) is 29.1 Å². The average molecular weight is 711 g/mol. The van der Waals surface area contributed by atoms with Crippen molar-refractivity contribution in [1.82, 2.24) is 0 Å². The minimum absolute atomic E-state index is 0. The molecule has 0 radical (unpaired) electrons. The van der Waals surface area contributed by atoms with E-state index in [9.17, 15) is 0 Å². The second kappa shape index (κ2) is 22.5. The summed E-state index contributed by atoms with van der Waals surface area (Å²) in [4.78, 5) is 0. The molecule has 5 unspecified atom stereocenters. The topological polar surface area (TPSA) is 18.5 Å². The van der Waals surface area contributed by atoms with Crippen LogP contribution in [0.15, 0.2) is 0 Å². The largest absolute Gasteiger partial charge is 0.437 e. The third-order valence-corrected chi connectivity index (χ3v) is 23.8. The average Bonchev–Trinajstić information content (AvgIpc) is 3.87. The zero-order valence-corrected chi connectivity index (χ0v) is 35.2. The van der Waals surface area contributed by atoms with Crippen LogP contribution in [-0.4, -0.2) is 25.2 Å². The Hall–Kier alpha value is 0.571. The van der Waals surface area contributed by atoms with Crippen molar-refractivity contribution in [2.45, 2.75) is 241 Å². The number of unbranched alkanes of at least 4 members (excludes halogenated alkanes) is 15. The minimum Gasteiger partial charge on any atom is -0.437 e. The first-order chi connectivity index (χ1) is 21.4. The first-order valence-electron chi connectivity index (χ1n) is 20.8. The van der Waals surface area contributed by atoms with Crippen LogP contribution in [0.5, 0.6) is 0 Å². The number of rotatable bonds is 29. The Kier molecular flexibility index (Phi) is 21.8. The van der Waals surface area contributed by atoms with Crippen molar-refractivity contribution in [3.8, 4) is 0 Å². The summed E-state index contributed by atoms with van der Waals surface area (Å²) in [6, 6.07) is 2.67. The molecule has 0 bridgehead atoms. The molecule has 0 aromatic carbocycles. The molecule has 0 amide bonds. The van der Waals surface area contributed by atoms with Crippen LogP contribution in [0.25, 0.3) is 0 Å². The highest BCUT2D eigenvalue weighted by molar-refractivity contribution is 6.87. The Morgan fingerprint density at radius 1 is 0.511 bits per heavy atom. The van der Waals surface area contributed by atoms with Crippen LogP contribution in [0.1, 0.15) is 189 Å². The van der Waals surface area contributed by atoms with Gasteiger partial charge in [0.25, 0.3) is 0 Å². The standard InChI is InChI=1S/C40H82O2Si3.2CH4/c1-9-11-13-15-17-18-19-20-21-22-24-26-36-34-37(36)29-32-43(3,4)41-45(7,8)42-44(5,6)33-30-39-35-40(39)31-28-38(40)27-25-23-16-14-12-10-2;;/h36-39H,9-35H2,1-8H3;2*1H4. The smallest absolute Gasteiger partial charge is 0.311 e. The molecular formula is C42H90O2Si3. The first-order valence-corrected chi connectivity index (χ1v) is 29.9. The van der Waals surface area contributed by atoms with Gasteiger partial charge in [-0.3, -0.25) is 0 Å². The highest BCUT2D eigenvalue weighted by Gasteiger charge is 2.62. The zero-order valence-electron chi connectivity index (χ0n) is 32.2. The van der Waals surface area contributed by atoms with Crippen molar-refractivity contribution in [3.05, 3.63) is 0 Å². The summed E-state index contributed by atoms with van der Waals surface area (Å²) in [5.41, 5.74) is 0.778. The molecule has 5 atom stereocenters. The molecule has 2 nitrogen and oxygen atoms in total. The van der Waals surface area contributed by atoms with E-state index in [1.165, 1.54) is 173 Å². The van der Waals surface area contributed by atoms with E-state index >= 15 is 0 Å². The van der Waals surface area contributed by atoms with Gasteiger partial charge in [0.15, 0.2) is 16.6 Å². The third-order valence-electron chi connectivity index (χ3n) is 12.5. The van der Waals surface area contributed by atoms with Crippen molar-refractivity contribution < 1.29 is 8.23 Å². The van der Waals surface area contributed by atoms with E-state index < -0.39 is 25.2 Å². The summed E-state index contributed by atoms with van der Waals surface area (Å²) in [5, 5.41) is 0. The molecule has 0 heterocycles. The first kappa shape index (κ1) is 45.6. The van der Waals surface area contributed by atoms with Crippen molar-refractivity contribution in [2.75, 3.05) is 0 Å². The van der Waals surface area contributed by atoms with Crippen LogP contribution in [-0.2, 0) is 8.23 Å². The van der Waals surface area contributed by atoms with Gasteiger partial charge in [0.1, 0.15) is 0 Å². The van der Waals surface area contributed by atoms with Gasteiger partial charge in [-0.05, 0) is 113 Å². The van der Waals surface area contributed by atoms with Crippen LogP contribution in [0, 0.1) is 29.1 Å². The van der Waals surface area contributed by atoms with E-state index in [1.807, 2.05) is 0 Å². The number of hydrogen-bond acceptors (Lipinski definition) is 2. The number of hydrogen-bond donors (Lipinski definition) is 0. The van der Waals surface area contributed by atoms with Gasteiger partial charge in [0, 0.05) is 0 Å². The summed E-state index contributed by atoms with van der Waals surface area (Å²) < 4.78 is 14.1. The molecule has 3 fully saturated rings. The SMILES string of the molecule is C.C.CCCCCCCCCCCCCC1CC1CC[Si](C)(C)O[Si](C)(C)O[Si](C)(C)CCC1CC12CCC2CCCCCCCC. The van der Waals surface area contributed by atoms with E-state index in [0.29, 0.717) is 0 Å². The van der Waals surface area contributed by atoms with Gasteiger partial charge in [-0.15, -0.1) is 0 Å². The Labute approximate surface area is 302 Å². The van der Waals surface area contributed by atoms with Crippen LogP contribution in [0.4, 0.5) is 0 Å². The molecule has 1 spiro atoms. The molecule has 0 N–H and O–H groups in total. The van der Waals surface area contributed by atoms with Gasteiger partial charge in [-0.25, -0.2) is 0 Å². The predicted octanol–water partition coefficient (Wildman–Crippen LogP) is 15.7. The molecule has 282 valence electrons. The van der Waals surface area contributed by atoms with E-state index in [-0.39, 0.29) is 14.9 Å². The maximum absolute atomic E-state index is 7.05. The van der Waals surface area contributed by atoms with Crippen molar-refractivity contribution in [1.29, 1.82) is 0 Å². The highest BCUT2D eigenvalue weighted by atomic mass is 28.5. The molecule has 47 heavy (non-hydrogen) atoms. The molecule has 3 saturated carbocycles. The summed E-state index contributed by atoms with van der Waals surface area (Å²) in [6.45, 7) is 19.3. The predicted molar refractivity (Wildman–Crippen MR) is 221 cm³/mol. The lowest BCUT2D eigenvalue weighted by Crippen LogP contribution is -2.52. The van der Waals surface area contributed by atoms with Gasteiger partial charge in [0.05, 0.1) is 0 Å². The molecule has 3 aliphatic carbocycles. The van der Waals surface area contributed by atoms with Crippen LogP contribution in [0.3, 0.4) is 0 Å². The molecule has 0 aromatic rings. The normalized spacial score (nSPS) is 25.3. The Morgan fingerprint density at radius 2 is 0.936 bits per heavy atom. The zero-order chi connectivity index (χ0) is 32.8. The minimum atomic E-state index is -2.09. The Morgan fingerprint density at radius 3 is 1.40 bits per heavy atom. The molecule has 5 heteroatoms. The van der Waals surface area contributed by atoms with Crippen molar-refractivity contribution >= 4 is 25.2 Å². The van der Waals surface area contributed by atoms with Crippen LogP contribution < -0.4 is 0 Å². The lowest BCUT2D eigenvalue weighted by Gasteiger charge is -2.40. The van der Waals surface area contributed by atoms with Gasteiger partial charge >= 0.3 is 8.56 Å². The summed E-state index contributed by atoms with van der Waals surface area (Å²) >= 11 is 0. The lowest BCUT2D eigenvalue weighted by molar-refractivity contribution is 0.113. The van der Waals surface area contributed by atoms with E-state index in [1.54, 1.807) is 0 Å². The van der Waals surface area contributed by atoms with Gasteiger partial charge < -0.3 is 8.23 Å². The lowest BCUT2D eigenvalue weighted by atomic mass is 9.66. The fraction of sp³-hybridized carbons (Fsp3) is 1.00. The fourth-order valence-electron chi connectivity index (χ4n) is 9.51. The van der Waals surface area contributed by atoms with E-state index in [2.05, 4.69) is 53.1 Å². The molecule has 0 saturated heterocycles. The van der Waals surface area contributed by atoms with E-state index in [0.717, 1.165) is 29.1 Å². The van der Waals surface area contributed by atoms with Gasteiger partial charge in [-0.2, -0.15) is 0 Å². The summed E-state index contributed by atoms with van der Waals surface area (Å²) in [5.74, 6) is 4.11. The fourth-order valence-corrected chi connectivity index (χ4v) is 23.6. The maximum atomic E-state index is 7.05. The molecule has 0 aliphatic heterocycles. The second-order valence-corrected chi connectivity index (χ2v) is 30.7. The molecule has 0 aromatic heterocycles. The van der Waals surface area contributed by atoms with Crippen LogP contribution >= 0.6 is 0 Å². The molecule has 3 rings (SSSR count). The monoisotopic (exact) mass is 711 g/mol. The van der Waals surface area contributed by atoms with E-state index in [4.69, 9.17) is 8.23 Å². The van der Waals surface area contributed by atoms with Gasteiger partial charge in [0.2, 0.25) is 0 Å². The quantitative estimate of drug-likeness (QED) is 0.0568.